The molecule has 1 aliphatic rings. The number of methoxy groups -OCH3 is 1. The smallest absolute Gasteiger partial charge is 0.300 e. The first-order chi connectivity index (χ1) is 16.9. The molecule has 0 aliphatic carbocycles. The summed E-state index contributed by atoms with van der Waals surface area (Å²) in [5, 5.41) is 12.3. The average Bonchev–Trinajstić information content (AvgIpc) is 3.07. The molecule has 1 fully saturated rings. The van der Waals surface area contributed by atoms with Crippen LogP contribution in [0, 0.1) is 6.92 Å². The first-order valence-corrected chi connectivity index (χ1v) is 12.2. The van der Waals surface area contributed by atoms with Crippen molar-refractivity contribution in [1.82, 2.24) is 0 Å². The Morgan fingerprint density at radius 1 is 0.972 bits per heavy atom. The van der Waals surface area contributed by atoms with Gasteiger partial charge < -0.3 is 9.84 Å². The van der Waals surface area contributed by atoms with E-state index in [1.54, 1.807) is 30.3 Å². The van der Waals surface area contributed by atoms with Gasteiger partial charge in [0.05, 0.1) is 24.3 Å². The Balaban J connectivity index is 2.04. The van der Waals surface area contributed by atoms with Crippen molar-refractivity contribution < 1.29 is 19.4 Å². The maximum atomic E-state index is 13.5. The van der Waals surface area contributed by atoms with E-state index in [4.69, 9.17) is 27.9 Å². The van der Waals surface area contributed by atoms with Gasteiger partial charge in [0.25, 0.3) is 11.7 Å². The molecule has 1 saturated heterocycles. The van der Waals surface area contributed by atoms with E-state index in [9.17, 15) is 14.7 Å². The normalized spacial score (nSPS) is 17.5. The van der Waals surface area contributed by atoms with Crippen LogP contribution >= 0.6 is 23.2 Å². The second kappa shape index (κ2) is 9.64. The van der Waals surface area contributed by atoms with E-state index in [0.29, 0.717) is 32.6 Å². The lowest BCUT2D eigenvalue weighted by Gasteiger charge is -2.27. The number of amides is 1. The molecule has 1 atom stereocenters. The predicted molar refractivity (Wildman–Crippen MR) is 144 cm³/mol. The van der Waals surface area contributed by atoms with Crippen molar-refractivity contribution in [3.63, 3.8) is 0 Å². The van der Waals surface area contributed by atoms with Crippen molar-refractivity contribution >= 4 is 46.3 Å². The molecule has 1 N–H and O–H groups in total. The highest BCUT2D eigenvalue weighted by Crippen LogP contribution is 2.45. The van der Waals surface area contributed by atoms with Gasteiger partial charge in [0.15, 0.2) is 0 Å². The molecule has 7 heteroatoms. The van der Waals surface area contributed by atoms with Gasteiger partial charge in [-0.25, -0.2) is 0 Å². The van der Waals surface area contributed by atoms with Crippen molar-refractivity contribution in [2.75, 3.05) is 12.0 Å². The van der Waals surface area contributed by atoms with Gasteiger partial charge in [-0.1, -0.05) is 74.3 Å². The van der Waals surface area contributed by atoms with Crippen LogP contribution in [0.4, 0.5) is 5.69 Å². The highest BCUT2D eigenvalue weighted by Gasteiger charge is 2.47. The van der Waals surface area contributed by atoms with Gasteiger partial charge in [-0.15, -0.1) is 0 Å². The van der Waals surface area contributed by atoms with Gasteiger partial charge in [0, 0.05) is 15.7 Å². The number of aliphatic hydroxyl groups excluding tert-OH is 1. The zero-order chi connectivity index (χ0) is 26.4. The molecule has 5 nitrogen and oxygen atoms in total. The minimum absolute atomic E-state index is 0.0326. The van der Waals surface area contributed by atoms with Crippen molar-refractivity contribution in [1.29, 1.82) is 0 Å². The maximum Gasteiger partial charge on any atom is 0.300 e. The Kier molecular flexibility index (Phi) is 6.91. The summed E-state index contributed by atoms with van der Waals surface area (Å²) < 4.78 is 5.52. The fraction of sp³-hybridized carbons (Fsp3) is 0.241. The average molecular weight is 524 g/mol. The molecule has 1 heterocycles. The minimum Gasteiger partial charge on any atom is -0.507 e. The molecule has 0 saturated carbocycles. The van der Waals surface area contributed by atoms with Crippen molar-refractivity contribution in [3.8, 4) is 5.75 Å². The Morgan fingerprint density at radius 3 is 2.19 bits per heavy atom. The van der Waals surface area contributed by atoms with Crippen molar-refractivity contribution in [2.45, 2.75) is 39.2 Å². The van der Waals surface area contributed by atoms with Crippen LogP contribution < -0.4 is 9.64 Å². The van der Waals surface area contributed by atoms with Crippen molar-refractivity contribution in [3.05, 3.63) is 98.5 Å². The largest absolute Gasteiger partial charge is 0.507 e. The predicted octanol–water partition coefficient (Wildman–Crippen LogP) is 7.23. The van der Waals surface area contributed by atoms with E-state index in [1.165, 1.54) is 12.0 Å². The zero-order valence-corrected chi connectivity index (χ0v) is 22.2. The fourth-order valence-electron chi connectivity index (χ4n) is 4.47. The summed E-state index contributed by atoms with van der Waals surface area (Å²) in [6.45, 7) is 8.04. The Bertz CT molecular complexity index is 1380. The molecule has 4 rings (SSSR count). The van der Waals surface area contributed by atoms with Crippen molar-refractivity contribution in [2.24, 2.45) is 0 Å². The molecule has 1 unspecified atom stereocenters. The Hall–Kier alpha value is -3.28. The minimum atomic E-state index is -0.899. The van der Waals surface area contributed by atoms with Gasteiger partial charge >= 0.3 is 0 Å². The summed E-state index contributed by atoms with van der Waals surface area (Å²) in [4.78, 5) is 28.3. The molecule has 186 valence electrons. The molecule has 0 radical (unpaired) electrons. The molecule has 0 aromatic heterocycles. The highest BCUT2D eigenvalue weighted by molar-refractivity contribution is 6.52. The second-order valence-corrected chi connectivity index (χ2v) is 10.7. The monoisotopic (exact) mass is 523 g/mol. The van der Waals surface area contributed by atoms with Crippen LogP contribution in [0.2, 0.25) is 10.0 Å². The molecule has 36 heavy (non-hydrogen) atoms. The number of carbonyl (C=O) groups is 2. The SMILES string of the molecule is COc1ccc(C(C)(C)C)cc1/C(O)=C1\C(=O)C(=O)N(c2cc(Cl)cc(Cl)c2)C1c1ccccc1C. The third kappa shape index (κ3) is 4.61. The highest BCUT2D eigenvalue weighted by atomic mass is 35.5. The van der Waals surface area contributed by atoms with E-state index < -0.39 is 17.7 Å². The number of ether oxygens (including phenoxy) is 1. The lowest BCUT2D eigenvalue weighted by atomic mass is 9.85. The summed E-state index contributed by atoms with van der Waals surface area (Å²) in [6, 6.07) is 16.7. The number of ketones is 1. The summed E-state index contributed by atoms with van der Waals surface area (Å²) in [5.41, 5.74) is 2.93. The molecular weight excluding hydrogens is 497 g/mol. The number of benzene rings is 3. The van der Waals surface area contributed by atoms with Crippen LogP contribution in [0.15, 0.2) is 66.2 Å². The number of carbonyl (C=O) groups excluding carboxylic acids is 2. The van der Waals surface area contributed by atoms with Crippen LogP contribution in [-0.4, -0.2) is 23.9 Å². The molecule has 1 amide bonds. The Morgan fingerprint density at radius 2 is 1.61 bits per heavy atom. The summed E-state index contributed by atoms with van der Waals surface area (Å²) in [6.07, 6.45) is 0. The van der Waals surface area contributed by atoms with Crippen LogP contribution in [0.5, 0.6) is 5.75 Å². The molecule has 3 aromatic carbocycles. The van der Waals surface area contributed by atoms with Gasteiger partial charge in [-0.05, 0) is 59.4 Å². The van der Waals surface area contributed by atoms with Gasteiger partial charge in [0.2, 0.25) is 0 Å². The second-order valence-electron chi connectivity index (χ2n) is 9.82. The van der Waals surface area contributed by atoms with Crippen LogP contribution in [0.3, 0.4) is 0 Å². The molecule has 3 aromatic rings. The molecule has 0 spiro atoms. The number of hydrogen-bond acceptors (Lipinski definition) is 4. The number of hydrogen-bond donors (Lipinski definition) is 1. The summed E-state index contributed by atoms with van der Waals surface area (Å²) >= 11 is 12.5. The van der Waals surface area contributed by atoms with Crippen LogP contribution in [-0.2, 0) is 15.0 Å². The quantitative estimate of drug-likeness (QED) is 0.222. The van der Waals surface area contributed by atoms with Crippen LogP contribution in [0.25, 0.3) is 5.76 Å². The number of nitrogens with zero attached hydrogens (tertiary/aromatic N) is 1. The number of anilines is 1. The zero-order valence-electron chi connectivity index (χ0n) is 20.7. The lowest BCUT2D eigenvalue weighted by molar-refractivity contribution is -0.132. The molecule has 0 bridgehead atoms. The Labute approximate surface area is 220 Å². The van der Waals surface area contributed by atoms with E-state index in [2.05, 4.69) is 0 Å². The first kappa shape index (κ1) is 25.8. The lowest BCUT2D eigenvalue weighted by Crippen LogP contribution is -2.29. The van der Waals surface area contributed by atoms with Crippen LogP contribution in [0.1, 0.15) is 49.1 Å². The van der Waals surface area contributed by atoms with E-state index in [0.717, 1.165) is 11.1 Å². The fourth-order valence-corrected chi connectivity index (χ4v) is 4.98. The number of aliphatic hydroxyl groups is 1. The number of Topliss-reactive ketones (excluding diaryl/α,β-unsaturated/α-hetero) is 1. The van der Waals surface area contributed by atoms with E-state index in [1.807, 2.05) is 58.0 Å². The first-order valence-electron chi connectivity index (χ1n) is 11.5. The van der Waals surface area contributed by atoms with Gasteiger partial charge in [-0.2, -0.15) is 0 Å². The van der Waals surface area contributed by atoms with Gasteiger partial charge in [-0.3, -0.25) is 14.5 Å². The summed E-state index contributed by atoms with van der Waals surface area (Å²) in [5.74, 6) is -1.50. The topological polar surface area (TPSA) is 66.8 Å². The number of rotatable bonds is 4. The van der Waals surface area contributed by atoms with E-state index >= 15 is 0 Å². The number of aryl methyl sites for hydroxylation is 1. The maximum absolute atomic E-state index is 13.5. The third-order valence-electron chi connectivity index (χ3n) is 6.37. The standard InChI is InChI=1S/C29H27Cl2NO4/c1-16-8-6-7-9-21(16)25-24(26(33)22-12-17(29(2,3)4)10-11-23(22)36-5)27(34)28(35)32(25)20-14-18(30)13-19(31)15-20/h6-15,25,33H,1-5H3/b26-24+. The van der Waals surface area contributed by atoms with E-state index in [-0.39, 0.29) is 16.7 Å². The summed E-state index contributed by atoms with van der Waals surface area (Å²) in [7, 11) is 1.49. The van der Waals surface area contributed by atoms with Gasteiger partial charge in [0.1, 0.15) is 11.5 Å². The number of halogens is 2. The molecular formula is C29H27Cl2NO4. The molecule has 1 aliphatic heterocycles. The third-order valence-corrected chi connectivity index (χ3v) is 6.81.